The largest absolute Gasteiger partial charge is 0.207 e. The lowest BCUT2D eigenvalue weighted by atomic mass is 10.0. The minimum Gasteiger partial charge on any atom is -0.207 e. The molecule has 17 heavy (non-hydrogen) atoms. The van der Waals surface area contributed by atoms with E-state index in [0.29, 0.717) is 10.6 Å². The number of rotatable bonds is 2. The minimum absolute atomic E-state index is 0.337. The molecule has 5 heteroatoms. The number of hydrogen-bond acceptors (Lipinski definition) is 1. The molecular weight excluding hydrogens is 346 g/mol. The lowest BCUT2D eigenvalue weighted by molar-refractivity contribution is 0.612. The van der Waals surface area contributed by atoms with Gasteiger partial charge in [-0.3, -0.25) is 0 Å². The number of hydrogen-bond donors (Lipinski definition) is 0. The maximum atomic E-state index is 13.7. The summed E-state index contributed by atoms with van der Waals surface area (Å²) in [6.45, 7) is 1.96. The van der Waals surface area contributed by atoms with Crippen LogP contribution in [0.25, 0.3) is 0 Å². The van der Waals surface area contributed by atoms with Crippen molar-refractivity contribution in [2.45, 2.75) is 12.3 Å². The molecule has 0 radical (unpaired) electrons. The maximum Gasteiger partial charge on any atom is 0.128 e. The Hall–Kier alpha value is -0.0900. The third kappa shape index (κ3) is 2.84. The fourth-order valence-corrected chi connectivity index (χ4v) is 3.97. The molecule has 1 heterocycles. The van der Waals surface area contributed by atoms with Gasteiger partial charge in [0.1, 0.15) is 5.82 Å². The molecule has 0 N–H and O–H groups in total. The predicted octanol–water partition coefficient (Wildman–Crippen LogP) is 5.94. The molecule has 1 atom stereocenters. The van der Waals surface area contributed by atoms with Crippen molar-refractivity contribution < 1.29 is 4.39 Å². The normalized spacial score (nSPS) is 12.8. The van der Waals surface area contributed by atoms with Crippen molar-refractivity contribution >= 4 is 50.5 Å². The van der Waals surface area contributed by atoms with Crippen LogP contribution in [0.15, 0.2) is 28.1 Å². The Morgan fingerprint density at radius 2 is 2.00 bits per heavy atom. The van der Waals surface area contributed by atoms with Crippen LogP contribution in [0.2, 0.25) is 5.02 Å². The van der Waals surface area contributed by atoms with Crippen LogP contribution < -0.4 is 0 Å². The Bertz CT molecular complexity index is 553. The van der Waals surface area contributed by atoms with Crippen molar-refractivity contribution in [1.82, 2.24) is 0 Å². The monoisotopic (exact) mass is 352 g/mol. The zero-order chi connectivity index (χ0) is 12.6. The van der Waals surface area contributed by atoms with Crippen molar-refractivity contribution in [1.29, 1.82) is 0 Å². The molecule has 1 aromatic carbocycles. The van der Waals surface area contributed by atoms with Crippen LogP contribution in [0.5, 0.6) is 0 Å². The molecule has 2 aromatic rings. The Kier molecular flexibility index (Phi) is 4.14. The minimum atomic E-state index is -0.517. The first-order valence-electron chi connectivity index (χ1n) is 4.84. The fourth-order valence-electron chi connectivity index (χ4n) is 1.59. The first-order chi connectivity index (χ1) is 7.99. The van der Waals surface area contributed by atoms with Crippen molar-refractivity contribution in [3.63, 3.8) is 0 Å². The van der Waals surface area contributed by atoms with E-state index in [1.807, 2.05) is 13.0 Å². The van der Waals surface area contributed by atoms with Gasteiger partial charge in [-0.25, -0.2) is 4.39 Å². The molecule has 0 amide bonds. The number of aryl methyl sites for hydroxylation is 1. The fraction of sp³-hybridized carbons (Fsp3) is 0.167. The first-order valence-corrected chi connectivity index (χ1v) is 7.26. The molecule has 0 fully saturated rings. The van der Waals surface area contributed by atoms with E-state index in [2.05, 4.69) is 15.9 Å². The molecular formula is C12H8BrCl2FS. The number of thiophene rings is 1. The Morgan fingerprint density at radius 1 is 1.29 bits per heavy atom. The van der Waals surface area contributed by atoms with Crippen molar-refractivity contribution in [2.24, 2.45) is 0 Å². The summed E-state index contributed by atoms with van der Waals surface area (Å²) in [5.74, 6) is -0.337. The van der Waals surface area contributed by atoms with Crippen LogP contribution >= 0.6 is 50.5 Å². The Morgan fingerprint density at radius 3 is 2.59 bits per heavy atom. The molecule has 0 saturated carbocycles. The molecule has 1 unspecified atom stereocenters. The summed E-state index contributed by atoms with van der Waals surface area (Å²) in [7, 11) is 0. The zero-order valence-electron chi connectivity index (χ0n) is 8.81. The lowest BCUT2D eigenvalue weighted by Crippen LogP contribution is -1.97. The van der Waals surface area contributed by atoms with E-state index in [9.17, 15) is 4.39 Å². The van der Waals surface area contributed by atoms with Gasteiger partial charge in [0.15, 0.2) is 0 Å². The van der Waals surface area contributed by atoms with Gasteiger partial charge in [-0.15, -0.1) is 22.9 Å². The van der Waals surface area contributed by atoms with Gasteiger partial charge in [0, 0.05) is 15.5 Å². The molecule has 2 rings (SSSR count). The standard InChI is InChI=1S/C12H8BrCl2FS/c1-6-8(5-11(13)17-6)12(15)9-4-7(14)2-3-10(9)16/h2-5,12H,1H3. The highest BCUT2D eigenvalue weighted by Gasteiger charge is 2.19. The molecule has 0 aliphatic rings. The molecule has 0 nitrogen and oxygen atoms in total. The van der Waals surface area contributed by atoms with Gasteiger partial charge in [-0.1, -0.05) is 11.6 Å². The second-order valence-electron chi connectivity index (χ2n) is 3.59. The maximum absolute atomic E-state index is 13.7. The van der Waals surface area contributed by atoms with Gasteiger partial charge in [0.05, 0.1) is 9.16 Å². The third-order valence-corrected chi connectivity index (χ3v) is 4.70. The van der Waals surface area contributed by atoms with E-state index >= 15 is 0 Å². The van der Waals surface area contributed by atoms with Crippen LogP contribution in [-0.4, -0.2) is 0 Å². The van der Waals surface area contributed by atoms with Gasteiger partial charge in [0.2, 0.25) is 0 Å². The second-order valence-corrected chi connectivity index (χ2v) is 7.10. The van der Waals surface area contributed by atoms with Crippen molar-refractivity contribution in [3.05, 3.63) is 54.9 Å². The van der Waals surface area contributed by atoms with Crippen LogP contribution in [-0.2, 0) is 0 Å². The molecule has 0 saturated heterocycles. The zero-order valence-corrected chi connectivity index (χ0v) is 12.7. The van der Waals surface area contributed by atoms with Crippen molar-refractivity contribution in [2.75, 3.05) is 0 Å². The van der Waals surface area contributed by atoms with Crippen LogP contribution in [0.1, 0.15) is 21.4 Å². The van der Waals surface area contributed by atoms with E-state index in [0.717, 1.165) is 14.2 Å². The summed E-state index contributed by atoms with van der Waals surface area (Å²) in [5.41, 5.74) is 1.32. The molecule has 90 valence electrons. The summed E-state index contributed by atoms with van der Waals surface area (Å²) < 4.78 is 14.7. The Balaban J connectivity index is 2.46. The summed E-state index contributed by atoms with van der Waals surface area (Å²) in [6, 6.07) is 6.34. The van der Waals surface area contributed by atoms with Gasteiger partial charge >= 0.3 is 0 Å². The highest BCUT2D eigenvalue weighted by atomic mass is 79.9. The smallest absolute Gasteiger partial charge is 0.128 e. The first kappa shape index (κ1) is 13.3. The second kappa shape index (κ2) is 5.27. The van der Waals surface area contributed by atoms with E-state index in [1.54, 1.807) is 17.4 Å². The average molecular weight is 354 g/mol. The Labute approximate surface area is 121 Å². The third-order valence-electron chi connectivity index (χ3n) is 2.43. The molecule has 1 aromatic heterocycles. The van der Waals surface area contributed by atoms with Gasteiger partial charge in [-0.2, -0.15) is 0 Å². The predicted molar refractivity (Wildman–Crippen MR) is 75.9 cm³/mol. The average Bonchev–Trinajstić information content (AvgIpc) is 2.60. The summed E-state index contributed by atoms with van der Waals surface area (Å²) >= 11 is 17.2. The lowest BCUT2D eigenvalue weighted by Gasteiger charge is -2.11. The van der Waals surface area contributed by atoms with E-state index in [4.69, 9.17) is 23.2 Å². The molecule has 0 bridgehead atoms. The summed E-state index contributed by atoms with van der Waals surface area (Å²) in [6.07, 6.45) is 0. The SMILES string of the molecule is Cc1sc(Br)cc1C(Cl)c1cc(Cl)ccc1F. The molecule has 0 spiro atoms. The quantitative estimate of drug-likeness (QED) is 0.586. The number of halogens is 4. The van der Waals surface area contributed by atoms with Crippen molar-refractivity contribution in [3.8, 4) is 0 Å². The molecule has 0 aliphatic carbocycles. The van der Waals surface area contributed by atoms with Crippen LogP contribution in [0.4, 0.5) is 4.39 Å². The summed E-state index contributed by atoms with van der Waals surface area (Å²) in [5, 5.41) is -0.0322. The van der Waals surface area contributed by atoms with Gasteiger partial charge in [0.25, 0.3) is 0 Å². The van der Waals surface area contributed by atoms with Crippen LogP contribution in [0, 0.1) is 12.7 Å². The van der Waals surface area contributed by atoms with E-state index in [1.165, 1.54) is 12.1 Å². The highest BCUT2D eigenvalue weighted by molar-refractivity contribution is 9.11. The molecule has 0 aliphatic heterocycles. The van der Waals surface area contributed by atoms with Gasteiger partial charge in [-0.05, 0) is 52.7 Å². The highest BCUT2D eigenvalue weighted by Crippen LogP contribution is 2.38. The van der Waals surface area contributed by atoms with E-state index < -0.39 is 5.38 Å². The number of alkyl halides is 1. The van der Waals surface area contributed by atoms with E-state index in [-0.39, 0.29) is 5.82 Å². The topological polar surface area (TPSA) is 0 Å². The summed E-state index contributed by atoms with van der Waals surface area (Å²) in [4.78, 5) is 1.07. The van der Waals surface area contributed by atoms with Crippen LogP contribution in [0.3, 0.4) is 0 Å². The number of benzene rings is 1. The van der Waals surface area contributed by atoms with Gasteiger partial charge < -0.3 is 0 Å².